The summed E-state index contributed by atoms with van der Waals surface area (Å²) in [4.78, 5) is 29.7. The zero-order chi connectivity index (χ0) is 37.1. The third kappa shape index (κ3) is 7.93. The van der Waals surface area contributed by atoms with Crippen molar-refractivity contribution >= 4 is 17.6 Å². The molecule has 7 rings (SSSR count). The number of carbonyl (C=O) groups excluding carboxylic acids is 2. The molecule has 1 aliphatic heterocycles. The van der Waals surface area contributed by atoms with Crippen molar-refractivity contribution in [3.05, 3.63) is 124 Å². The number of aryl methyl sites for hydroxylation is 1. The minimum Gasteiger partial charge on any atom is -0.508 e. The summed E-state index contributed by atoms with van der Waals surface area (Å²) in [5.74, 6) is 1.01. The first-order valence-corrected chi connectivity index (χ1v) is 19.2. The lowest BCUT2D eigenvalue weighted by atomic mass is 9.69. The zero-order valence-corrected chi connectivity index (χ0v) is 31.4. The molecule has 1 saturated carbocycles. The van der Waals surface area contributed by atoms with Crippen molar-refractivity contribution in [3.63, 3.8) is 0 Å². The van der Waals surface area contributed by atoms with Crippen LogP contribution in [0.3, 0.4) is 0 Å². The second-order valence-corrected chi connectivity index (χ2v) is 15.3. The van der Waals surface area contributed by atoms with Crippen LogP contribution in [0.4, 0.5) is 5.69 Å². The number of rotatable bonds is 11. The van der Waals surface area contributed by atoms with Gasteiger partial charge in [0.2, 0.25) is 0 Å². The molecule has 4 aromatic rings. The number of carbonyl (C=O) groups is 2. The summed E-state index contributed by atoms with van der Waals surface area (Å²) in [5, 5.41) is 10.2. The molecule has 8 nitrogen and oxygen atoms in total. The minimum absolute atomic E-state index is 0.0535. The number of hydrogen-bond acceptors (Lipinski definition) is 8. The van der Waals surface area contributed by atoms with E-state index in [0.29, 0.717) is 35.4 Å². The first-order chi connectivity index (χ1) is 25.7. The van der Waals surface area contributed by atoms with Crippen molar-refractivity contribution in [2.75, 3.05) is 38.8 Å². The normalized spacial score (nSPS) is 21.5. The van der Waals surface area contributed by atoms with Gasteiger partial charge in [0.25, 0.3) is 0 Å². The smallest absolute Gasteiger partial charge is 0.338 e. The number of benzene rings is 4. The molecule has 1 N–H and O–H groups in total. The Balaban J connectivity index is 0.948. The van der Waals surface area contributed by atoms with E-state index in [0.717, 1.165) is 58.2 Å². The Morgan fingerprint density at radius 1 is 0.811 bits per heavy atom. The van der Waals surface area contributed by atoms with Gasteiger partial charge in [0.1, 0.15) is 17.6 Å². The summed E-state index contributed by atoms with van der Waals surface area (Å²) in [6, 6.07) is 31.9. The topological polar surface area (TPSA) is 88.5 Å². The van der Waals surface area contributed by atoms with Gasteiger partial charge in [-0.3, -0.25) is 4.90 Å². The Morgan fingerprint density at radius 2 is 1.51 bits per heavy atom. The van der Waals surface area contributed by atoms with Gasteiger partial charge in [0, 0.05) is 56.2 Å². The monoisotopic (exact) mass is 716 g/mol. The third-order valence-corrected chi connectivity index (χ3v) is 11.8. The number of aromatic hydroxyl groups is 1. The number of anilines is 1. The molecule has 2 unspecified atom stereocenters. The zero-order valence-electron chi connectivity index (χ0n) is 31.4. The first-order valence-electron chi connectivity index (χ1n) is 19.2. The van der Waals surface area contributed by atoms with Crippen LogP contribution in [0.25, 0.3) is 0 Å². The molecule has 1 saturated heterocycles. The van der Waals surface area contributed by atoms with Crippen LogP contribution in [0.5, 0.6) is 11.5 Å². The average molecular weight is 717 g/mol. The number of methoxy groups -OCH3 is 2. The van der Waals surface area contributed by atoms with Gasteiger partial charge in [-0.15, -0.1) is 0 Å². The summed E-state index contributed by atoms with van der Waals surface area (Å²) in [6.45, 7) is 7.76. The molecule has 2 aliphatic carbocycles. The fourth-order valence-electron chi connectivity index (χ4n) is 8.88. The van der Waals surface area contributed by atoms with Crippen LogP contribution in [-0.2, 0) is 15.9 Å². The molecule has 0 aromatic heterocycles. The molecule has 0 spiro atoms. The van der Waals surface area contributed by atoms with E-state index >= 15 is 0 Å². The Bertz CT molecular complexity index is 1880. The van der Waals surface area contributed by atoms with Crippen LogP contribution in [-0.4, -0.2) is 74.0 Å². The van der Waals surface area contributed by atoms with Gasteiger partial charge in [-0.2, -0.15) is 0 Å². The minimum atomic E-state index is -0.596. The number of hydrogen-bond donors (Lipinski definition) is 1. The molecule has 53 heavy (non-hydrogen) atoms. The quantitative estimate of drug-likeness (QED) is 0.155. The fraction of sp³-hybridized carbons (Fsp3) is 0.422. The van der Waals surface area contributed by atoms with E-state index in [2.05, 4.69) is 84.3 Å². The molecular weight excluding hydrogens is 665 g/mol. The van der Waals surface area contributed by atoms with E-state index < -0.39 is 11.9 Å². The maximum Gasteiger partial charge on any atom is 0.338 e. The van der Waals surface area contributed by atoms with Gasteiger partial charge >= 0.3 is 11.9 Å². The number of esters is 2. The Morgan fingerprint density at radius 3 is 2.19 bits per heavy atom. The van der Waals surface area contributed by atoms with E-state index in [-0.39, 0.29) is 23.1 Å². The summed E-state index contributed by atoms with van der Waals surface area (Å²) in [5.41, 5.74) is 6.90. The van der Waals surface area contributed by atoms with Crippen LogP contribution in [0.15, 0.2) is 91.0 Å². The van der Waals surface area contributed by atoms with E-state index in [1.54, 1.807) is 18.2 Å². The SMILES string of the molecule is COC(=O)c1ccc(O[C@H]2C[C@H](N(CC3CCN(c4ccc(C5c6ccc(O)cc6CCC5c5ccccc5)cc4)CC3)C(C)C)C2)cc1C(=O)OC. The van der Waals surface area contributed by atoms with Gasteiger partial charge in [-0.25, -0.2) is 9.59 Å². The highest BCUT2D eigenvalue weighted by molar-refractivity contribution is 6.03. The number of fused-ring (bicyclic) bond motifs is 1. The predicted octanol–water partition coefficient (Wildman–Crippen LogP) is 8.36. The van der Waals surface area contributed by atoms with Crippen LogP contribution in [0.1, 0.15) is 101 Å². The predicted molar refractivity (Wildman–Crippen MR) is 207 cm³/mol. The van der Waals surface area contributed by atoms with E-state index in [1.165, 1.54) is 42.2 Å². The van der Waals surface area contributed by atoms with Crippen LogP contribution in [0.2, 0.25) is 0 Å². The largest absolute Gasteiger partial charge is 0.508 e. The fourth-order valence-corrected chi connectivity index (χ4v) is 8.88. The van der Waals surface area contributed by atoms with Crippen molar-refractivity contribution in [2.45, 2.75) is 82.4 Å². The standard InChI is InChI=1S/C45H52N2O6/c1-29(2)47(35-25-38(26-35)53-37-16-19-41(44(49)51-3)42(27-37)45(50)52-4)28-30-20-22-46(23-21-30)34-13-10-32(11-14-34)43-39(31-8-6-5-7-9-31)17-12-33-24-36(48)15-18-40(33)43/h5-11,13-16,18-19,24,27,29-30,35,38-39,43,48H,12,17,20-23,25-26,28H2,1-4H3/t35-,38-,39?,43?. The highest BCUT2D eigenvalue weighted by Crippen LogP contribution is 2.47. The Labute approximate surface area is 313 Å². The lowest BCUT2D eigenvalue weighted by molar-refractivity contribution is -0.00664. The van der Waals surface area contributed by atoms with Crippen molar-refractivity contribution in [2.24, 2.45) is 5.92 Å². The van der Waals surface area contributed by atoms with Crippen LogP contribution in [0, 0.1) is 5.92 Å². The van der Waals surface area contributed by atoms with Gasteiger partial charge in [-0.1, -0.05) is 48.5 Å². The molecule has 4 aromatic carbocycles. The summed E-state index contributed by atoms with van der Waals surface area (Å²) in [6.07, 6.45) is 6.26. The third-order valence-electron chi connectivity index (χ3n) is 11.8. The van der Waals surface area contributed by atoms with Gasteiger partial charge in [0.05, 0.1) is 25.3 Å². The molecular formula is C45H52N2O6. The molecule has 0 radical (unpaired) electrons. The van der Waals surface area contributed by atoms with Crippen molar-refractivity contribution in [1.29, 1.82) is 0 Å². The van der Waals surface area contributed by atoms with E-state index in [9.17, 15) is 14.7 Å². The number of piperidine rings is 1. The summed E-state index contributed by atoms with van der Waals surface area (Å²) >= 11 is 0. The number of nitrogens with zero attached hydrogens (tertiary/aromatic N) is 2. The Kier molecular flexibility index (Phi) is 11.1. The molecule has 8 heteroatoms. The Hall–Kier alpha value is -4.82. The summed E-state index contributed by atoms with van der Waals surface area (Å²) < 4.78 is 16.0. The highest BCUT2D eigenvalue weighted by atomic mass is 16.5. The molecule has 2 atom stereocenters. The lowest BCUT2D eigenvalue weighted by Gasteiger charge is -2.46. The molecule has 3 aliphatic rings. The van der Waals surface area contributed by atoms with Crippen LogP contribution < -0.4 is 9.64 Å². The molecule has 0 bridgehead atoms. The second kappa shape index (κ2) is 16.0. The first kappa shape index (κ1) is 36.5. The van der Waals surface area contributed by atoms with E-state index in [4.69, 9.17) is 14.2 Å². The van der Waals surface area contributed by atoms with E-state index in [1.807, 2.05) is 12.1 Å². The maximum absolute atomic E-state index is 12.4. The molecule has 1 heterocycles. The summed E-state index contributed by atoms with van der Waals surface area (Å²) in [7, 11) is 2.58. The molecule has 2 fully saturated rings. The maximum atomic E-state index is 12.4. The van der Waals surface area contributed by atoms with Crippen molar-refractivity contribution in [1.82, 2.24) is 4.90 Å². The molecule has 0 amide bonds. The lowest BCUT2D eigenvalue weighted by Crippen LogP contribution is -2.53. The number of phenolic OH excluding ortho intramolecular Hbond substituents is 1. The molecule has 278 valence electrons. The average Bonchev–Trinajstić information content (AvgIpc) is 3.17. The van der Waals surface area contributed by atoms with Gasteiger partial charge in [-0.05, 0) is 116 Å². The van der Waals surface area contributed by atoms with Gasteiger partial charge < -0.3 is 24.2 Å². The number of ether oxygens (including phenoxy) is 3. The van der Waals surface area contributed by atoms with Crippen LogP contribution >= 0.6 is 0 Å². The second-order valence-electron chi connectivity index (χ2n) is 15.3. The number of phenols is 1. The van der Waals surface area contributed by atoms with Crippen molar-refractivity contribution in [3.8, 4) is 11.5 Å². The highest BCUT2D eigenvalue weighted by Gasteiger charge is 2.38. The van der Waals surface area contributed by atoms with Gasteiger partial charge in [0.15, 0.2) is 0 Å². The van der Waals surface area contributed by atoms with Crippen molar-refractivity contribution < 1.29 is 28.9 Å².